The van der Waals surface area contributed by atoms with Crippen molar-refractivity contribution >= 4 is 5.91 Å². The van der Waals surface area contributed by atoms with E-state index in [2.05, 4.69) is 12.2 Å². The van der Waals surface area contributed by atoms with E-state index in [9.17, 15) is 9.18 Å². The number of carbonyl (C=O) groups excluding carboxylic acids is 1. The highest BCUT2D eigenvalue weighted by atomic mass is 19.1. The third kappa shape index (κ3) is 3.36. The predicted molar refractivity (Wildman–Crippen MR) is 85.0 cm³/mol. The van der Waals surface area contributed by atoms with Gasteiger partial charge in [-0.15, -0.1) is 0 Å². The molecular formula is C17H27FN4O. The van der Waals surface area contributed by atoms with Gasteiger partial charge in [0, 0.05) is 12.0 Å². The van der Waals surface area contributed by atoms with E-state index in [-0.39, 0.29) is 31.0 Å². The molecule has 6 heteroatoms. The number of hydrogen-bond donors (Lipinski definition) is 2. The predicted octanol–water partition coefficient (Wildman–Crippen LogP) is 1.19. The van der Waals surface area contributed by atoms with Crippen LogP contribution in [0, 0.1) is 29.1 Å². The molecule has 0 bridgehead atoms. The molecule has 6 atom stereocenters. The Morgan fingerprint density at radius 1 is 1.39 bits per heavy atom. The molecule has 3 N–H and O–H groups in total. The number of rotatable bonds is 4. The summed E-state index contributed by atoms with van der Waals surface area (Å²) in [5, 5.41) is 12.5. The maximum Gasteiger partial charge on any atom is 0.237 e. The normalized spacial score (nSPS) is 42.7. The molecule has 1 heterocycles. The summed E-state index contributed by atoms with van der Waals surface area (Å²) in [5.74, 6) is 1.93. The van der Waals surface area contributed by atoms with Crippen LogP contribution in [0.1, 0.15) is 39.0 Å². The molecule has 3 fully saturated rings. The zero-order chi connectivity index (χ0) is 16.6. The van der Waals surface area contributed by atoms with Crippen LogP contribution in [0.3, 0.4) is 0 Å². The molecule has 3 aliphatic rings. The molecule has 0 radical (unpaired) electrons. The highest BCUT2D eigenvalue weighted by Crippen LogP contribution is 2.50. The van der Waals surface area contributed by atoms with E-state index in [1.54, 1.807) is 0 Å². The molecule has 3 rings (SSSR count). The average Bonchev–Trinajstić information content (AvgIpc) is 3.15. The molecule has 0 aromatic rings. The number of nitrogens with zero attached hydrogens (tertiary/aromatic N) is 2. The Balaban J connectivity index is 1.51. The summed E-state index contributed by atoms with van der Waals surface area (Å²) >= 11 is 0. The van der Waals surface area contributed by atoms with Crippen LogP contribution in [0.2, 0.25) is 0 Å². The fourth-order valence-electron chi connectivity index (χ4n) is 4.99. The number of amides is 1. The molecule has 1 aliphatic heterocycles. The van der Waals surface area contributed by atoms with Crippen molar-refractivity contribution in [2.75, 3.05) is 19.6 Å². The number of nitrogens with one attached hydrogen (secondary N) is 1. The van der Waals surface area contributed by atoms with E-state index >= 15 is 0 Å². The second-order valence-corrected chi connectivity index (χ2v) is 7.94. The van der Waals surface area contributed by atoms with Crippen molar-refractivity contribution < 1.29 is 9.18 Å². The van der Waals surface area contributed by atoms with Gasteiger partial charge in [-0.25, -0.2) is 4.39 Å². The minimum absolute atomic E-state index is 0.0262. The fraction of sp³-hybridized carbons (Fsp3) is 0.882. The molecule has 2 aliphatic carbocycles. The Bertz CT molecular complexity index is 491. The first-order valence-corrected chi connectivity index (χ1v) is 8.72. The summed E-state index contributed by atoms with van der Waals surface area (Å²) in [7, 11) is 0. The van der Waals surface area contributed by atoms with Crippen molar-refractivity contribution in [1.82, 2.24) is 10.2 Å². The van der Waals surface area contributed by atoms with Gasteiger partial charge in [0.2, 0.25) is 5.91 Å². The molecule has 1 saturated heterocycles. The zero-order valence-corrected chi connectivity index (χ0v) is 13.8. The lowest BCUT2D eigenvalue weighted by molar-refractivity contribution is -0.130. The lowest BCUT2D eigenvalue weighted by Crippen LogP contribution is -2.48. The molecule has 5 nitrogen and oxygen atoms in total. The SMILES string of the molecule is C[C@@]1(NCC(=O)N2C[C@@H](F)C[C@H]2C#N)C[C@H]2CC(CN)C[C@H]2C1. The highest BCUT2D eigenvalue weighted by Gasteiger charge is 2.47. The van der Waals surface area contributed by atoms with E-state index in [1.807, 2.05) is 6.07 Å². The fourth-order valence-corrected chi connectivity index (χ4v) is 4.99. The van der Waals surface area contributed by atoms with Gasteiger partial charge in [-0.3, -0.25) is 4.79 Å². The number of nitriles is 1. The van der Waals surface area contributed by atoms with Gasteiger partial charge in [-0.1, -0.05) is 0 Å². The summed E-state index contributed by atoms with van der Waals surface area (Å²) in [6.07, 6.45) is 3.64. The Hall–Kier alpha value is -1.19. The number of halogens is 1. The first-order valence-electron chi connectivity index (χ1n) is 8.72. The van der Waals surface area contributed by atoms with Crippen LogP contribution in [0.5, 0.6) is 0 Å². The summed E-state index contributed by atoms with van der Waals surface area (Å²) in [6.45, 7) is 3.21. The van der Waals surface area contributed by atoms with E-state index < -0.39 is 12.2 Å². The van der Waals surface area contributed by atoms with Crippen molar-refractivity contribution in [1.29, 1.82) is 5.26 Å². The number of likely N-dealkylation sites (tertiary alicyclic amines) is 1. The third-order valence-electron chi connectivity index (χ3n) is 6.08. The average molecular weight is 322 g/mol. The monoisotopic (exact) mass is 322 g/mol. The zero-order valence-electron chi connectivity index (χ0n) is 13.8. The Morgan fingerprint density at radius 2 is 2.04 bits per heavy atom. The van der Waals surface area contributed by atoms with E-state index in [4.69, 9.17) is 11.0 Å². The number of alkyl halides is 1. The lowest BCUT2D eigenvalue weighted by atomic mass is 9.93. The Kier molecular flexibility index (Phi) is 4.61. The van der Waals surface area contributed by atoms with Crippen LogP contribution in [0.25, 0.3) is 0 Å². The van der Waals surface area contributed by atoms with Crippen molar-refractivity contribution in [2.45, 2.75) is 56.8 Å². The van der Waals surface area contributed by atoms with Crippen molar-refractivity contribution in [2.24, 2.45) is 23.5 Å². The van der Waals surface area contributed by atoms with E-state index in [0.29, 0.717) is 17.8 Å². The Labute approximate surface area is 137 Å². The first-order chi connectivity index (χ1) is 10.9. The molecule has 23 heavy (non-hydrogen) atoms. The third-order valence-corrected chi connectivity index (χ3v) is 6.08. The minimum atomic E-state index is -1.07. The van der Waals surface area contributed by atoms with E-state index in [0.717, 1.165) is 19.4 Å². The van der Waals surface area contributed by atoms with Gasteiger partial charge in [-0.05, 0) is 56.9 Å². The van der Waals surface area contributed by atoms with Crippen molar-refractivity contribution in [3.05, 3.63) is 0 Å². The molecule has 128 valence electrons. The maximum absolute atomic E-state index is 13.4. The Morgan fingerprint density at radius 3 is 2.61 bits per heavy atom. The summed E-state index contributed by atoms with van der Waals surface area (Å²) in [6, 6.07) is 1.42. The van der Waals surface area contributed by atoms with Crippen LogP contribution in [-0.4, -0.2) is 48.2 Å². The number of carbonyl (C=O) groups is 1. The largest absolute Gasteiger partial charge is 0.330 e. The van der Waals surface area contributed by atoms with Gasteiger partial charge in [0.1, 0.15) is 12.2 Å². The number of nitrogens with two attached hydrogens (primary N) is 1. The maximum atomic E-state index is 13.4. The van der Waals surface area contributed by atoms with Gasteiger partial charge in [0.05, 0.1) is 19.2 Å². The summed E-state index contributed by atoms with van der Waals surface area (Å²) < 4.78 is 13.4. The van der Waals surface area contributed by atoms with Crippen LogP contribution < -0.4 is 11.1 Å². The van der Waals surface area contributed by atoms with Crippen molar-refractivity contribution in [3.63, 3.8) is 0 Å². The van der Waals surface area contributed by atoms with Crippen LogP contribution in [0.15, 0.2) is 0 Å². The number of hydrogen-bond acceptors (Lipinski definition) is 4. The van der Waals surface area contributed by atoms with Gasteiger partial charge in [0.15, 0.2) is 0 Å². The minimum Gasteiger partial charge on any atom is -0.330 e. The van der Waals surface area contributed by atoms with Crippen LogP contribution >= 0.6 is 0 Å². The summed E-state index contributed by atoms with van der Waals surface area (Å²) in [5.41, 5.74) is 5.76. The first kappa shape index (κ1) is 16.7. The van der Waals surface area contributed by atoms with E-state index in [1.165, 1.54) is 17.7 Å². The molecule has 1 unspecified atom stereocenters. The van der Waals surface area contributed by atoms with Gasteiger partial charge in [-0.2, -0.15) is 5.26 Å². The van der Waals surface area contributed by atoms with Crippen LogP contribution in [-0.2, 0) is 4.79 Å². The van der Waals surface area contributed by atoms with Gasteiger partial charge in [0.25, 0.3) is 0 Å². The number of fused-ring (bicyclic) bond motifs is 1. The molecule has 2 saturated carbocycles. The topological polar surface area (TPSA) is 82.2 Å². The van der Waals surface area contributed by atoms with Crippen LogP contribution in [0.4, 0.5) is 4.39 Å². The lowest BCUT2D eigenvalue weighted by Gasteiger charge is -2.29. The molecule has 1 amide bonds. The second-order valence-electron chi connectivity index (χ2n) is 7.94. The molecule has 0 aromatic heterocycles. The molecular weight excluding hydrogens is 295 g/mol. The highest BCUT2D eigenvalue weighted by molar-refractivity contribution is 5.79. The van der Waals surface area contributed by atoms with Gasteiger partial charge < -0.3 is 16.0 Å². The summed E-state index contributed by atoms with van der Waals surface area (Å²) in [4.78, 5) is 13.7. The van der Waals surface area contributed by atoms with Crippen molar-refractivity contribution in [3.8, 4) is 6.07 Å². The molecule has 0 aromatic carbocycles. The quantitative estimate of drug-likeness (QED) is 0.814. The second kappa shape index (κ2) is 6.37. The standard InChI is InChI=1S/C17H27FN4O/c1-17(5-12-2-11(7-19)3-13(12)6-17)21-9-16(23)22-10-14(18)4-15(22)8-20/h11-15,21H,2-7,9-10,19H2,1H3/t11?,12-,13+,14-,15-,17-/m0/s1. The smallest absolute Gasteiger partial charge is 0.237 e. The van der Waals surface area contributed by atoms with Gasteiger partial charge >= 0.3 is 0 Å². The molecule has 0 spiro atoms.